The van der Waals surface area contributed by atoms with Crippen molar-refractivity contribution in [2.75, 3.05) is 13.2 Å². The topological polar surface area (TPSA) is 38.3 Å². The molecule has 1 saturated heterocycles. The van der Waals surface area contributed by atoms with Crippen LogP contribution in [0.3, 0.4) is 0 Å². The normalized spacial score (nSPS) is 21.6. The summed E-state index contributed by atoms with van der Waals surface area (Å²) < 4.78 is 65.4. The van der Waals surface area contributed by atoms with Gasteiger partial charge in [0.05, 0.1) is 6.10 Å². The van der Waals surface area contributed by atoms with Crippen LogP contribution >= 0.6 is 0 Å². The van der Waals surface area contributed by atoms with Crippen molar-refractivity contribution >= 4 is 5.91 Å². The lowest BCUT2D eigenvalue weighted by Crippen LogP contribution is -2.50. The zero-order chi connectivity index (χ0) is 13.1. The molecule has 0 bridgehead atoms. The molecule has 3 nitrogen and oxygen atoms in total. The van der Waals surface area contributed by atoms with E-state index in [1.54, 1.807) is 5.32 Å². The maximum absolute atomic E-state index is 12.5. The highest BCUT2D eigenvalue weighted by atomic mass is 19.4. The van der Waals surface area contributed by atoms with Crippen molar-refractivity contribution in [3.63, 3.8) is 0 Å². The number of nitrogens with one attached hydrogen (secondary N) is 1. The van der Waals surface area contributed by atoms with Crippen LogP contribution in [0.4, 0.5) is 22.0 Å². The van der Waals surface area contributed by atoms with Crippen LogP contribution in [0.2, 0.25) is 0 Å². The van der Waals surface area contributed by atoms with Crippen molar-refractivity contribution in [3.05, 3.63) is 0 Å². The summed E-state index contributed by atoms with van der Waals surface area (Å²) in [7, 11) is 0. The lowest BCUT2D eigenvalue weighted by molar-refractivity contribution is -0.269. The molecule has 1 atom stereocenters. The van der Waals surface area contributed by atoms with Crippen molar-refractivity contribution in [2.24, 2.45) is 0 Å². The molecule has 8 heteroatoms. The maximum atomic E-state index is 12.5. The summed E-state index contributed by atoms with van der Waals surface area (Å²) in [6.07, 6.45) is -4.24. The van der Waals surface area contributed by atoms with Crippen LogP contribution in [0.25, 0.3) is 0 Å². The fourth-order valence-electron chi connectivity index (χ4n) is 1.46. The number of hydrogen-bond donors (Lipinski definition) is 1. The third kappa shape index (κ3) is 3.52. The molecule has 1 amide bonds. The Morgan fingerprint density at radius 2 is 1.94 bits per heavy atom. The SMILES string of the molecule is O=C(NCCC1CCCO1)C(F)(F)C(F)(F)F. The molecule has 0 aromatic rings. The fraction of sp³-hybridized carbons (Fsp3) is 0.889. The Morgan fingerprint density at radius 1 is 1.29 bits per heavy atom. The van der Waals surface area contributed by atoms with Gasteiger partial charge in [-0.25, -0.2) is 0 Å². The van der Waals surface area contributed by atoms with Crippen LogP contribution in [0.15, 0.2) is 0 Å². The van der Waals surface area contributed by atoms with E-state index < -0.39 is 18.0 Å². The van der Waals surface area contributed by atoms with Crippen molar-refractivity contribution in [2.45, 2.75) is 37.5 Å². The van der Waals surface area contributed by atoms with Gasteiger partial charge < -0.3 is 10.1 Å². The summed E-state index contributed by atoms with van der Waals surface area (Å²) >= 11 is 0. The molecule has 1 N–H and O–H groups in total. The van der Waals surface area contributed by atoms with E-state index >= 15 is 0 Å². The summed E-state index contributed by atoms with van der Waals surface area (Å²) in [4.78, 5) is 10.7. The summed E-state index contributed by atoms with van der Waals surface area (Å²) in [6.45, 7) is 0.298. The quantitative estimate of drug-likeness (QED) is 0.784. The number of amides is 1. The first-order chi connectivity index (χ1) is 7.75. The van der Waals surface area contributed by atoms with Crippen LogP contribution in [0.1, 0.15) is 19.3 Å². The van der Waals surface area contributed by atoms with Gasteiger partial charge in [-0.05, 0) is 19.3 Å². The van der Waals surface area contributed by atoms with Crippen LogP contribution in [0, 0.1) is 0 Å². The van der Waals surface area contributed by atoms with E-state index in [1.807, 2.05) is 0 Å². The summed E-state index contributed by atoms with van der Waals surface area (Å²) in [6, 6.07) is 0. The molecule has 0 aliphatic carbocycles. The van der Waals surface area contributed by atoms with Gasteiger partial charge in [-0.3, -0.25) is 4.79 Å². The van der Waals surface area contributed by atoms with Crippen molar-refractivity contribution in [1.82, 2.24) is 5.32 Å². The molecule has 17 heavy (non-hydrogen) atoms. The predicted molar refractivity (Wildman–Crippen MR) is 47.6 cm³/mol. The Kier molecular flexibility index (Phi) is 4.29. The molecule has 1 unspecified atom stereocenters. The highest BCUT2D eigenvalue weighted by Gasteiger charge is 2.63. The van der Waals surface area contributed by atoms with Gasteiger partial charge in [-0.15, -0.1) is 0 Å². The highest BCUT2D eigenvalue weighted by Crippen LogP contribution is 2.35. The molecule has 1 fully saturated rings. The molecule has 1 rings (SSSR count). The van der Waals surface area contributed by atoms with Crippen LogP contribution < -0.4 is 5.32 Å². The van der Waals surface area contributed by atoms with Gasteiger partial charge in [-0.2, -0.15) is 22.0 Å². The number of alkyl halides is 5. The number of hydrogen-bond acceptors (Lipinski definition) is 2. The lowest BCUT2D eigenvalue weighted by Gasteiger charge is -2.19. The van der Waals surface area contributed by atoms with Crippen LogP contribution in [-0.4, -0.2) is 37.3 Å². The van der Waals surface area contributed by atoms with Gasteiger partial charge in [0.1, 0.15) is 0 Å². The van der Waals surface area contributed by atoms with E-state index in [0.717, 1.165) is 12.8 Å². The molecule has 1 aliphatic rings. The molecule has 0 aromatic heterocycles. The minimum Gasteiger partial charge on any atom is -0.378 e. The van der Waals surface area contributed by atoms with Crippen molar-refractivity contribution in [1.29, 1.82) is 0 Å². The van der Waals surface area contributed by atoms with Crippen molar-refractivity contribution in [3.8, 4) is 0 Å². The van der Waals surface area contributed by atoms with E-state index in [4.69, 9.17) is 4.74 Å². The summed E-state index contributed by atoms with van der Waals surface area (Å²) in [5, 5.41) is 1.57. The van der Waals surface area contributed by atoms with Gasteiger partial charge in [0.2, 0.25) is 0 Å². The molecule has 0 spiro atoms. The average molecular weight is 261 g/mol. The van der Waals surface area contributed by atoms with Gasteiger partial charge in [0, 0.05) is 13.2 Å². The lowest BCUT2D eigenvalue weighted by atomic mass is 10.2. The Morgan fingerprint density at radius 3 is 2.41 bits per heavy atom. The predicted octanol–water partition coefficient (Wildman–Crippen LogP) is 1.87. The first-order valence-corrected chi connectivity index (χ1v) is 5.09. The zero-order valence-corrected chi connectivity index (χ0v) is 8.82. The van der Waals surface area contributed by atoms with Crippen LogP contribution in [0.5, 0.6) is 0 Å². The molecule has 1 heterocycles. The summed E-state index contributed by atoms with van der Waals surface area (Å²) in [5.41, 5.74) is 0. The number of halogens is 5. The van der Waals surface area contributed by atoms with E-state index in [-0.39, 0.29) is 19.1 Å². The molecule has 100 valence electrons. The number of ether oxygens (including phenoxy) is 1. The Balaban J connectivity index is 2.33. The minimum absolute atomic E-state index is 0.171. The van der Waals surface area contributed by atoms with Crippen LogP contribution in [-0.2, 0) is 9.53 Å². The highest BCUT2D eigenvalue weighted by molar-refractivity contribution is 5.84. The molecule has 1 aliphatic heterocycles. The third-order valence-electron chi connectivity index (χ3n) is 2.42. The van der Waals surface area contributed by atoms with Gasteiger partial charge in [-0.1, -0.05) is 0 Å². The number of carbonyl (C=O) groups excluding carboxylic acids is 1. The standard InChI is InChI=1S/C9H12F5NO2/c10-8(11,9(12,13)14)7(16)15-4-3-6-2-1-5-17-6/h6H,1-5H2,(H,15,16). The zero-order valence-electron chi connectivity index (χ0n) is 8.82. The van der Waals surface area contributed by atoms with Crippen molar-refractivity contribution < 1.29 is 31.5 Å². The van der Waals surface area contributed by atoms with Gasteiger partial charge >= 0.3 is 12.1 Å². The first-order valence-electron chi connectivity index (χ1n) is 5.09. The smallest absolute Gasteiger partial charge is 0.378 e. The van der Waals surface area contributed by atoms with Gasteiger partial charge in [0.15, 0.2) is 0 Å². The van der Waals surface area contributed by atoms with E-state index in [2.05, 4.69) is 0 Å². The minimum atomic E-state index is -5.86. The van der Waals surface area contributed by atoms with E-state index in [0.29, 0.717) is 6.61 Å². The monoisotopic (exact) mass is 261 g/mol. The Bertz CT molecular complexity index is 273. The van der Waals surface area contributed by atoms with E-state index in [9.17, 15) is 26.7 Å². The molecular weight excluding hydrogens is 249 g/mol. The first kappa shape index (κ1) is 14.1. The van der Waals surface area contributed by atoms with Gasteiger partial charge in [0.25, 0.3) is 5.91 Å². The Labute approximate surface area is 94.3 Å². The molecule has 0 saturated carbocycles. The molecule has 0 aromatic carbocycles. The molecular formula is C9H12F5NO2. The summed E-state index contributed by atoms with van der Waals surface area (Å²) in [5.74, 6) is -7.66. The fourth-order valence-corrected chi connectivity index (χ4v) is 1.46. The second-order valence-electron chi connectivity index (χ2n) is 3.75. The second kappa shape index (κ2) is 5.16. The largest absolute Gasteiger partial charge is 0.463 e. The maximum Gasteiger partial charge on any atom is 0.463 e. The molecule has 0 radical (unpaired) electrons. The number of carbonyl (C=O) groups is 1. The Hall–Kier alpha value is -0.920. The van der Waals surface area contributed by atoms with E-state index in [1.165, 1.54) is 0 Å². The third-order valence-corrected chi connectivity index (χ3v) is 2.42. The second-order valence-corrected chi connectivity index (χ2v) is 3.75. The number of rotatable bonds is 4. The average Bonchev–Trinajstić information content (AvgIpc) is 2.68.